The summed E-state index contributed by atoms with van der Waals surface area (Å²) in [5.41, 5.74) is 3.48. The van der Waals surface area contributed by atoms with Crippen molar-refractivity contribution in [2.24, 2.45) is 22.7 Å². The molecule has 3 amide bonds. The molecule has 5 aliphatic rings. The highest BCUT2D eigenvalue weighted by atomic mass is 16.5. The van der Waals surface area contributed by atoms with E-state index in [0.29, 0.717) is 19.0 Å². The van der Waals surface area contributed by atoms with E-state index in [-0.39, 0.29) is 60.7 Å². The number of methoxy groups -OCH3 is 1. The first-order valence-corrected chi connectivity index (χ1v) is 14.9. The van der Waals surface area contributed by atoms with Crippen LogP contribution in [0.1, 0.15) is 65.2 Å². The first kappa shape index (κ1) is 27.8. The molecular formula is C28H48N6O4. The van der Waals surface area contributed by atoms with Crippen LogP contribution in [0, 0.1) is 17.8 Å². The Balaban J connectivity index is 1.53. The van der Waals surface area contributed by atoms with E-state index in [1.807, 2.05) is 0 Å². The van der Waals surface area contributed by atoms with E-state index in [0.717, 1.165) is 38.2 Å². The van der Waals surface area contributed by atoms with Gasteiger partial charge in [-0.25, -0.2) is 9.80 Å². The normalized spacial score (nSPS) is 35.6. The number of nitrogens with one attached hydrogen (secondary N) is 2. The molecule has 0 aromatic rings. The van der Waals surface area contributed by atoms with Gasteiger partial charge in [-0.05, 0) is 45.4 Å². The Hall–Kier alpha value is -1.75. The Kier molecular flexibility index (Phi) is 8.92. The van der Waals surface area contributed by atoms with Gasteiger partial charge in [-0.15, -0.1) is 0 Å². The number of carbonyl (C=O) groups excluding carboxylic acids is 2. The zero-order valence-electron chi connectivity index (χ0n) is 23.7. The number of ether oxygens (including phenoxy) is 2. The minimum atomic E-state index is -0.0912. The molecule has 0 spiro atoms. The third-order valence-electron chi connectivity index (χ3n) is 9.29. The second kappa shape index (κ2) is 12.2. The average Bonchev–Trinajstić information content (AvgIpc) is 3.52. The van der Waals surface area contributed by atoms with Gasteiger partial charge in [-0.1, -0.05) is 19.3 Å². The van der Waals surface area contributed by atoms with Crippen LogP contribution in [-0.2, 0) is 14.3 Å². The monoisotopic (exact) mass is 532 g/mol. The summed E-state index contributed by atoms with van der Waals surface area (Å²) in [6, 6.07) is 0.0162. The van der Waals surface area contributed by atoms with Crippen LogP contribution < -0.4 is 10.7 Å². The Morgan fingerprint density at radius 1 is 1.11 bits per heavy atom. The molecule has 0 aromatic heterocycles. The van der Waals surface area contributed by atoms with Crippen molar-refractivity contribution in [3.8, 4) is 0 Å². The van der Waals surface area contributed by atoms with E-state index in [4.69, 9.17) is 14.5 Å². The fourth-order valence-electron chi connectivity index (χ4n) is 7.49. The van der Waals surface area contributed by atoms with E-state index < -0.39 is 0 Å². The van der Waals surface area contributed by atoms with Crippen molar-refractivity contribution in [3.05, 3.63) is 0 Å². The highest BCUT2D eigenvalue weighted by Crippen LogP contribution is 2.42. The zero-order valence-corrected chi connectivity index (χ0v) is 23.7. The van der Waals surface area contributed by atoms with Gasteiger partial charge in [-0.3, -0.25) is 20.1 Å². The lowest BCUT2D eigenvalue weighted by atomic mass is 9.78. The molecule has 214 valence electrons. The molecule has 2 saturated carbocycles. The van der Waals surface area contributed by atoms with Gasteiger partial charge >= 0.3 is 6.03 Å². The number of rotatable bonds is 6. The van der Waals surface area contributed by atoms with E-state index in [9.17, 15) is 9.59 Å². The maximum Gasteiger partial charge on any atom is 0.326 e. The molecule has 38 heavy (non-hydrogen) atoms. The van der Waals surface area contributed by atoms with Crippen molar-refractivity contribution in [3.63, 3.8) is 0 Å². The number of carbonyl (C=O) groups is 2. The molecule has 2 N–H and O–H groups in total. The zero-order chi connectivity index (χ0) is 26.8. The molecule has 4 fully saturated rings. The molecule has 0 bridgehead atoms. The van der Waals surface area contributed by atoms with Crippen molar-refractivity contribution >= 4 is 17.8 Å². The van der Waals surface area contributed by atoms with E-state index in [1.165, 1.54) is 32.1 Å². The maximum atomic E-state index is 14.4. The molecule has 2 saturated heterocycles. The maximum absolute atomic E-state index is 14.4. The average molecular weight is 533 g/mol. The molecule has 10 nitrogen and oxygen atoms in total. The lowest BCUT2D eigenvalue weighted by Gasteiger charge is -2.42. The number of hydrogen-bond donors (Lipinski definition) is 2. The standard InChI is InChI=1S/C28H48N6O4/c1-18(2)38-23-14-21(37-4)10-11-22(23)27-31-25(19-8-6-5-7-9-19)26(20-15-30-32(3)16-20)34(27)28(36)33-13-12-29-24(35)17-33/h18-23,25-26,30H,5-17H2,1-4H3,(H,29,35)/t20?,21?,22?,23?,25-,26+/m0/s1. The first-order chi connectivity index (χ1) is 18.4. The summed E-state index contributed by atoms with van der Waals surface area (Å²) in [6.07, 6.45) is 8.90. The molecule has 0 radical (unpaired) electrons. The molecule has 3 aliphatic heterocycles. The Morgan fingerprint density at radius 2 is 1.89 bits per heavy atom. The number of hydrazine groups is 1. The van der Waals surface area contributed by atoms with Gasteiger partial charge in [0.1, 0.15) is 12.4 Å². The molecule has 5 rings (SSSR count). The summed E-state index contributed by atoms with van der Waals surface area (Å²) in [7, 11) is 3.85. The fourth-order valence-corrected chi connectivity index (χ4v) is 7.49. The molecule has 6 atom stereocenters. The number of amidine groups is 1. The molecule has 3 heterocycles. The van der Waals surface area contributed by atoms with Gasteiger partial charge < -0.3 is 19.7 Å². The molecule has 0 aromatic carbocycles. The third-order valence-corrected chi connectivity index (χ3v) is 9.29. The lowest BCUT2D eigenvalue weighted by molar-refractivity contribution is -0.123. The number of nitrogens with zero attached hydrogens (tertiary/aromatic N) is 4. The quantitative estimate of drug-likeness (QED) is 0.545. The van der Waals surface area contributed by atoms with Crippen LogP contribution in [0.4, 0.5) is 4.79 Å². The number of aliphatic imine (C=N–C) groups is 1. The molecule has 10 heteroatoms. The number of piperazine rings is 1. The summed E-state index contributed by atoms with van der Waals surface area (Å²) < 4.78 is 12.3. The molecule has 4 unspecified atom stereocenters. The van der Waals surface area contributed by atoms with Crippen LogP contribution in [0.5, 0.6) is 0 Å². The van der Waals surface area contributed by atoms with Crippen molar-refractivity contribution in [2.45, 2.75) is 95.6 Å². The van der Waals surface area contributed by atoms with Gasteiger partial charge in [-0.2, -0.15) is 0 Å². The van der Waals surface area contributed by atoms with Crippen LogP contribution in [0.2, 0.25) is 0 Å². The minimum absolute atomic E-state index is 0.0112. The van der Waals surface area contributed by atoms with Crippen molar-refractivity contribution in [1.29, 1.82) is 0 Å². The first-order valence-electron chi connectivity index (χ1n) is 14.9. The second-order valence-corrected chi connectivity index (χ2v) is 12.3. The van der Waals surface area contributed by atoms with Crippen LogP contribution >= 0.6 is 0 Å². The van der Waals surface area contributed by atoms with Crippen molar-refractivity contribution in [1.82, 2.24) is 25.6 Å². The van der Waals surface area contributed by atoms with Gasteiger partial charge in [0.2, 0.25) is 5.91 Å². The van der Waals surface area contributed by atoms with Crippen LogP contribution in [0.15, 0.2) is 4.99 Å². The number of amides is 3. The van der Waals surface area contributed by atoms with Crippen LogP contribution in [-0.4, -0.2) is 110 Å². The summed E-state index contributed by atoms with van der Waals surface area (Å²) in [4.78, 5) is 36.0. The van der Waals surface area contributed by atoms with Gasteiger partial charge in [0.05, 0.1) is 30.4 Å². The Bertz CT molecular complexity index is 877. The number of urea groups is 1. The fraction of sp³-hybridized carbons (Fsp3) is 0.893. The summed E-state index contributed by atoms with van der Waals surface area (Å²) in [5, 5.41) is 5.02. The molecule has 2 aliphatic carbocycles. The van der Waals surface area contributed by atoms with E-state index >= 15 is 0 Å². The predicted molar refractivity (Wildman–Crippen MR) is 146 cm³/mol. The van der Waals surface area contributed by atoms with Gasteiger partial charge in [0.15, 0.2) is 0 Å². The Morgan fingerprint density at radius 3 is 2.55 bits per heavy atom. The second-order valence-electron chi connectivity index (χ2n) is 12.3. The smallest absolute Gasteiger partial charge is 0.326 e. The van der Waals surface area contributed by atoms with Crippen molar-refractivity contribution < 1.29 is 19.1 Å². The molecular weight excluding hydrogens is 484 g/mol. The summed E-state index contributed by atoms with van der Waals surface area (Å²) in [5.74, 6) is 1.60. The highest BCUT2D eigenvalue weighted by Gasteiger charge is 2.52. The topological polar surface area (TPSA) is 98.7 Å². The van der Waals surface area contributed by atoms with Crippen molar-refractivity contribution in [2.75, 3.05) is 46.9 Å². The van der Waals surface area contributed by atoms with Crippen LogP contribution in [0.3, 0.4) is 0 Å². The van der Waals surface area contributed by atoms with E-state index in [2.05, 4.69) is 41.5 Å². The number of hydrogen-bond acceptors (Lipinski definition) is 7. The SMILES string of the molecule is COC1CCC(C2=N[C@@H](C3CCCCC3)[C@@H](C3CNN(C)C3)N2C(=O)N2CCNC(=O)C2)C(OC(C)C)C1. The van der Waals surface area contributed by atoms with Crippen LogP contribution in [0.25, 0.3) is 0 Å². The van der Waals surface area contributed by atoms with E-state index in [1.54, 1.807) is 12.0 Å². The van der Waals surface area contributed by atoms with Gasteiger partial charge in [0, 0.05) is 58.6 Å². The Labute approximate surface area is 227 Å². The third kappa shape index (κ3) is 5.88. The summed E-state index contributed by atoms with van der Waals surface area (Å²) >= 11 is 0. The lowest BCUT2D eigenvalue weighted by Crippen LogP contribution is -2.60. The minimum Gasteiger partial charge on any atom is -0.381 e. The highest BCUT2D eigenvalue weighted by molar-refractivity contribution is 6.02. The largest absolute Gasteiger partial charge is 0.381 e. The summed E-state index contributed by atoms with van der Waals surface area (Å²) in [6.45, 7) is 6.99. The van der Waals surface area contributed by atoms with Gasteiger partial charge in [0.25, 0.3) is 0 Å². The predicted octanol–water partition coefficient (Wildman–Crippen LogP) is 2.24.